The summed E-state index contributed by atoms with van der Waals surface area (Å²) in [5, 5.41) is 5.83. The van der Waals surface area contributed by atoms with Crippen LogP contribution in [0.4, 0.5) is 4.39 Å². The highest BCUT2D eigenvalue weighted by atomic mass is 32.1. The first-order valence-electron chi connectivity index (χ1n) is 7.81. The minimum Gasteiger partial charge on any atom is -0.337 e. The lowest BCUT2D eigenvalue weighted by Crippen LogP contribution is -2.44. The summed E-state index contributed by atoms with van der Waals surface area (Å²) >= 11 is 1.41. The van der Waals surface area contributed by atoms with Crippen molar-refractivity contribution in [1.29, 1.82) is 0 Å². The van der Waals surface area contributed by atoms with Gasteiger partial charge in [0.2, 0.25) is 0 Å². The van der Waals surface area contributed by atoms with Crippen molar-refractivity contribution in [2.45, 2.75) is 25.3 Å². The summed E-state index contributed by atoms with van der Waals surface area (Å²) in [5.74, 6) is -0.282. The molecule has 2 heterocycles. The molecule has 0 unspecified atom stereocenters. The fourth-order valence-corrected chi connectivity index (χ4v) is 3.63. The number of amides is 1. The number of hydrogen-bond acceptors (Lipinski definition) is 4. The second-order valence-electron chi connectivity index (χ2n) is 5.79. The molecule has 3 rings (SSSR count). The van der Waals surface area contributed by atoms with Gasteiger partial charge in [-0.15, -0.1) is 11.3 Å². The third-order valence-corrected chi connectivity index (χ3v) is 5.10. The van der Waals surface area contributed by atoms with E-state index in [1.54, 1.807) is 22.4 Å². The van der Waals surface area contributed by atoms with Crippen LogP contribution in [0.3, 0.4) is 0 Å². The Balaban J connectivity index is 1.68. The van der Waals surface area contributed by atoms with E-state index >= 15 is 0 Å². The second kappa shape index (κ2) is 7.19. The molecule has 0 spiro atoms. The van der Waals surface area contributed by atoms with Gasteiger partial charge >= 0.3 is 0 Å². The van der Waals surface area contributed by atoms with E-state index in [-0.39, 0.29) is 17.8 Å². The van der Waals surface area contributed by atoms with E-state index in [2.05, 4.69) is 10.3 Å². The van der Waals surface area contributed by atoms with E-state index in [4.69, 9.17) is 0 Å². The normalized spacial score (nSPS) is 15.6. The van der Waals surface area contributed by atoms with Gasteiger partial charge < -0.3 is 10.2 Å². The molecule has 1 saturated heterocycles. The lowest BCUT2D eigenvalue weighted by molar-refractivity contribution is 0.0698. The number of carbonyl (C=O) groups is 1. The SMILES string of the molecule is CN(C(=O)c1csc(Cc2ccccc2F)n1)C1CCNCC1. The highest BCUT2D eigenvalue weighted by Gasteiger charge is 2.24. The van der Waals surface area contributed by atoms with Gasteiger partial charge in [0.1, 0.15) is 11.5 Å². The maximum absolute atomic E-state index is 13.7. The van der Waals surface area contributed by atoms with Crippen LogP contribution in [0.2, 0.25) is 0 Å². The van der Waals surface area contributed by atoms with Crippen molar-refractivity contribution in [3.63, 3.8) is 0 Å². The van der Waals surface area contributed by atoms with Crippen molar-refractivity contribution in [2.75, 3.05) is 20.1 Å². The Morgan fingerprint density at radius 3 is 2.87 bits per heavy atom. The molecule has 1 aromatic carbocycles. The smallest absolute Gasteiger partial charge is 0.273 e. The fraction of sp³-hybridized carbons (Fsp3) is 0.412. The standard InChI is InChI=1S/C17H20FN3OS/c1-21(13-6-8-19-9-7-13)17(22)15-11-23-16(20-15)10-12-4-2-3-5-14(12)18/h2-5,11,13,19H,6-10H2,1H3. The number of piperidine rings is 1. The molecule has 0 bridgehead atoms. The van der Waals surface area contributed by atoms with Gasteiger partial charge in [0.15, 0.2) is 0 Å². The molecule has 0 saturated carbocycles. The summed E-state index contributed by atoms with van der Waals surface area (Å²) in [6, 6.07) is 6.94. The largest absolute Gasteiger partial charge is 0.337 e. The number of carbonyl (C=O) groups excluding carboxylic acids is 1. The summed E-state index contributed by atoms with van der Waals surface area (Å²) in [6.45, 7) is 1.88. The molecule has 23 heavy (non-hydrogen) atoms. The Morgan fingerprint density at radius 1 is 1.39 bits per heavy atom. The Hall–Kier alpha value is -1.79. The molecule has 1 aromatic heterocycles. The third-order valence-electron chi connectivity index (χ3n) is 4.25. The van der Waals surface area contributed by atoms with E-state index in [1.165, 1.54) is 17.4 Å². The van der Waals surface area contributed by atoms with Gasteiger partial charge in [0, 0.05) is 24.9 Å². The number of halogens is 1. The highest BCUT2D eigenvalue weighted by molar-refractivity contribution is 7.09. The molecule has 0 atom stereocenters. The molecule has 1 N–H and O–H groups in total. The zero-order chi connectivity index (χ0) is 16.2. The zero-order valence-electron chi connectivity index (χ0n) is 13.1. The molecule has 0 aliphatic carbocycles. The molecule has 1 aliphatic rings. The number of benzene rings is 1. The van der Waals surface area contributed by atoms with Crippen LogP contribution in [0.15, 0.2) is 29.6 Å². The van der Waals surface area contributed by atoms with E-state index in [0.717, 1.165) is 30.9 Å². The molecule has 4 nitrogen and oxygen atoms in total. The Labute approximate surface area is 139 Å². The third kappa shape index (κ3) is 3.76. The first kappa shape index (κ1) is 16.1. The molecule has 2 aromatic rings. The number of aromatic nitrogens is 1. The van der Waals surface area contributed by atoms with E-state index in [0.29, 0.717) is 17.7 Å². The van der Waals surface area contributed by atoms with Crippen LogP contribution < -0.4 is 5.32 Å². The highest BCUT2D eigenvalue weighted by Crippen LogP contribution is 2.19. The first-order chi connectivity index (χ1) is 11.1. The molecule has 1 aliphatic heterocycles. The lowest BCUT2D eigenvalue weighted by atomic mass is 10.1. The molecule has 0 radical (unpaired) electrons. The van der Waals surface area contributed by atoms with Crippen LogP contribution >= 0.6 is 11.3 Å². The van der Waals surface area contributed by atoms with E-state index in [1.807, 2.05) is 13.1 Å². The molecule has 6 heteroatoms. The average Bonchev–Trinajstić information content (AvgIpc) is 3.05. The average molecular weight is 333 g/mol. The van der Waals surface area contributed by atoms with Crippen LogP contribution in [0.1, 0.15) is 33.9 Å². The zero-order valence-corrected chi connectivity index (χ0v) is 13.9. The molecule has 1 fully saturated rings. The number of nitrogens with zero attached hydrogens (tertiary/aromatic N) is 2. The van der Waals surface area contributed by atoms with Crippen molar-refractivity contribution in [3.8, 4) is 0 Å². The molecular weight excluding hydrogens is 313 g/mol. The Kier molecular flexibility index (Phi) is 5.03. The van der Waals surface area contributed by atoms with Crippen LogP contribution in [0.25, 0.3) is 0 Å². The molecule has 122 valence electrons. The van der Waals surface area contributed by atoms with Crippen molar-refractivity contribution in [1.82, 2.24) is 15.2 Å². The van der Waals surface area contributed by atoms with Gasteiger partial charge in [0.25, 0.3) is 5.91 Å². The van der Waals surface area contributed by atoms with Crippen molar-refractivity contribution >= 4 is 17.2 Å². The van der Waals surface area contributed by atoms with Crippen LogP contribution in [-0.4, -0.2) is 42.0 Å². The predicted molar refractivity (Wildman–Crippen MR) is 89.3 cm³/mol. The first-order valence-corrected chi connectivity index (χ1v) is 8.69. The van der Waals surface area contributed by atoms with Gasteiger partial charge in [-0.25, -0.2) is 9.37 Å². The number of nitrogens with one attached hydrogen (secondary N) is 1. The summed E-state index contributed by atoms with van der Waals surface area (Å²) in [6.07, 6.45) is 2.35. The number of rotatable bonds is 4. The van der Waals surface area contributed by atoms with E-state index in [9.17, 15) is 9.18 Å². The Morgan fingerprint density at radius 2 is 2.13 bits per heavy atom. The van der Waals surface area contributed by atoms with Crippen LogP contribution in [0.5, 0.6) is 0 Å². The maximum Gasteiger partial charge on any atom is 0.273 e. The van der Waals surface area contributed by atoms with Crippen molar-refractivity contribution in [3.05, 3.63) is 51.7 Å². The van der Waals surface area contributed by atoms with Crippen LogP contribution in [0, 0.1) is 5.82 Å². The summed E-state index contributed by atoms with van der Waals surface area (Å²) < 4.78 is 13.7. The lowest BCUT2D eigenvalue weighted by Gasteiger charge is -2.31. The predicted octanol–water partition coefficient (Wildman–Crippen LogP) is 2.70. The van der Waals surface area contributed by atoms with Crippen molar-refractivity contribution in [2.24, 2.45) is 0 Å². The number of thiazole rings is 1. The summed E-state index contributed by atoms with van der Waals surface area (Å²) in [5.41, 5.74) is 1.06. The summed E-state index contributed by atoms with van der Waals surface area (Å²) in [7, 11) is 1.84. The molecule has 1 amide bonds. The monoisotopic (exact) mass is 333 g/mol. The van der Waals surface area contributed by atoms with Crippen molar-refractivity contribution < 1.29 is 9.18 Å². The van der Waals surface area contributed by atoms with Crippen LogP contribution in [-0.2, 0) is 6.42 Å². The minimum atomic E-state index is -0.234. The quantitative estimate of drug-likeness (QED) is 0.936. The number of hydrogen-bond donors (Lipinski definition) is 1. The van der Waals surface area contributed by atoms with E-state index < -0.39 is 0 Å². The second-order valence-corrected chi connectivity index (χ2v) is 6.73. The van der Waals surface area contributed by atoms with Gasteiger partial charge in [0.05, 0.1) is 5.01 Å². The fourth-order valence-electron chi connectivity index (χ4n) is 2.84. The minimum absolute atomic E-state index is 0.0482. The van der Waals surface area contributed by atoms with Gasteiger partial charge in [-0.05, 0) is 37.6 Å². The maximum atomic E-state index is 13.7. The molecular formula is C17H20FN3OS. The van der Waals surface area contributed by atoms with Gasteiger partial charge in [-0.2, -0.15) is 0 Å². The summed E-state index contributed by atoms with van der Waals surface area (Å²) in [4.78, 5) is 18.8. The van der Waals surface area contributed by atoms with Gasteiger partial charge in [-0.1, -0.05) is 18.2 Å². The Bertz CT molecular complexity index is 682. The van der Waals surface area contributed by atoms with Gasteiger partial charge in [-0.3, -0.25) is 4.79 Å². The topological polar surface area (TPSA) is 45.2 Å².